The van der Waals surface area contributed by atoms with Gasteiger partial charge in [-0.1, -0.05) is 84.9 Å². The number of hydrogen-bond acceptors (Lipinski definition) is 5. The third-order valence-electron chi connectivity index (χ3n) is 10.1. The molecule has 51 heavy (non-hydrogen) atoms. The number of rotatable bonds is 2. The van der Waals surface area contributed by atoms with E-state index in [1.54, 1.807) is 6.07 Å². The minimum atomic E-state index is -0.405. The third-order valence-corrected chi connectivity index (χ3v) is 10.1. The summed E-state index contributed by atoms with van der Waals surface area (Å²) in [7, 11) is 0. The van der Waals surface area contributed by atoms with E-state index in [4.69, 9.17) is 19.4 Å². The predicted molar refractivity (Wildman–Crippen MR) is 201 cm³/mol. The van der Waals surface area contributed by atoms with Gasteiger partial charge >= 0.3 is 0 Å². The van der Waals surface area contributed by atoms with E-state index in [-0.39, 0.29) is 35.1 Å². The van der Waals surface area contributed by atoms with Crippen LogP contribution in [0.1, 0.15) is 16.6 Å². The summed E-state index contributed by atoms with van der Waals surface area (Å²) in [6.45, 7) is -0.405. The molecule has 7 heteroatoms. The Morgan fingerprint density at radius 3 is 2.27 bits per heavy atom. The van der Waals surface area contributed by atoms with Crippen LogP contribution in [0.2, 0.25) is 0 Å². The Hall–Kier alpha value is -7.22. The molecule has 2 aromatic heterocycles. The van der Waals surface area contributed by atoms with Crippen molar-refractivity contribution in [1.82, 2.24) is 4.57 Å². The first-order chi connectivity index (χ1) is 26.9. The highest BCUT2D eigenvalue weighted by Crippen LogP contribution is 2.44. The summed E-state index contributed by atoms with van der Waals surface area (Å²) in [4.78, 5) is 0. The lowest BCUT2D eigenvalue weighted by atomic mass is 9.34. The summed E-state index contributed by atoms with van der Waals surface area (Å²) in [5.74, 6) is 2.07. The van der Waals surface area contributed by atoms with Crippen molar-refractivity contribution in [1.29, 1.82) is 10.5 Å². The lowest BCUT2D eigenvalue weighted by Gasteiger charge is -2.33. The lowest BCUT2D eigenvalue weighted by molar-refractivity contribution is 0.462. The molecule has 0 fully saturated rings. The van der Waals surface area contributed by atoms with Crippen molar-refractivity contribution in [3.8, 4) is 52.0 Å². The van der Waals surface area contributed by atoms with Gasteiger partial charge in [-0.2, -0.15) is 10.5 Å². The largest absolute Gasteiger partial charge is 0.458 e. The molecule has 11 rings (SSSR count). The van der Waals surface area contributed by atoms with Crippen LogP contribution in [-0.2, 0) is 0 Å². The molecule has 234 valence electrons. The fourth-order valence-corrected chi connectivity index (χ4v) is 7.98. The van der Waals surface area contributed by atoms with Gasteiger partial charge in [0.05, 0.1) is 39.4 Å². The summed E-state index contributed by atoms with van der Waals surface area (Å²) >= 11 is 0. The molecule has 0 bridgehead atoms. The van der Waals surface area contributed by atoms with E-state index in [0.29, 0.717) is 56.2 Å². The second-order valence-electron chi connectivity index (χ2n) is 12.7. The number of nitrogens with zero attached hydrogens (tertiary/aromatic N) is 3. The van der Waals surface area contributed by atoms with Crippen molar-refractivity contribution >= 4 is 66.8 Å². The van der Waals surface area contributed by atoms with Crippen molar-refractivity contribution in [3.05, 3.63) is 144 Å². The van der Waals surface area contributed by atoms with Crippen molar-refractivity contribution in [2.24, 2.45) is 0 Å². The van der Waals surface area contributed by atoms with Gasteiger partial charge in [0.25, 0.3) is 6.71 Å². The minimum absolute atomic E-state index is 0.0562. The Labute approximate surface area is 297 Å². The number of furan rings is 1. The van der Waals surface area contributed by atoms with Crippen LogP contribution in [0.5, 0.6) is 23.0 Å². The fourth-order valence-electron chi connectivity index (χ4n) is 7.98. The first-order valence-electron chi connectivity index (χ1n) is 18.4. The van der Waals surface area contributed by atoms with Crippen molar-refractivity contribution in [2.45, 2.75) is 0 Å². The van der Waals surface area contributed by atoms with Gasteiger partial charge < -0.3 is 18.5 Å². The standard InChI is InChI=1S/C44H22BN3O3/c46-23-25-9-1-3-11-28(25)27-19-40-42-41(20-27)51-44-33(18-17-31-30-13-5-8-16-38(30)50-43(31)44)45(42)34-21-32-29-12-4-7-15-36(29)48(37(32)22-39(34)49-40)35-14-6-2-10-26(35)24-47/h1-22H/i5D,8D,13D,16D. The summed E-state index contributed by atoms with van der Waals surface area (Å²) < 4.78 is 56.1. The molecule has 0 aliphatic carbocycles. The average Bonchev–Trinajstić information content (AvgIpc) is 3.77. The van der Waals surface area contributed by atoms with Gasteiger partial charge in [-0.05, 0) is 64.5 Å². The molecule has 0 unspecified atom stereocenters. The maximum absolute atomic E-state index is 10.1. The normalized spacial score (nSPS) is 13.6. The molecule has 7 aromatic carbocycles. The van der Waals surface area contributed by atoms with Gasteiger partial charge in [-0.15, -0.1) is 0 Å². The number of nitriles is 2. The number of aromatic nitrogens is 1. The van der Waals surface area contributed by atoms with Gasteiger partial charge in [0.1, 0.15) is 28.9 Å². The van der Waals surface area contributed by atoms with Crippen LogP contribution in [0.25, 0.3) is 60.6 Å². The SMILES string of the molecule is [2H]c1c([2H])c([2H])c2c(oc3c4c(ccc32)B2c3cc5c6ccccc6n(-c6ccccc6C#N)c5cc3Oc3cc(-c5ccccc5C#N)cc(c32)O4)c1[2H]. The quantitative estimate of drug-likeness (QED) is 0.174. The predicted octanol–water partition coefficient (Wildman–Crippen LogP) is 8.82. The zero-order chi connectivity index (χ0) is 37.3. The number of hydrogen-bond donors (Lipinski definition) is 0. The average molecular weight is 656 g/mol. The molecule has 9 aromatic rings. The number of para-hydroxylation sites is 3. The molecule has 0 spiro atoms. The maximum Gasteiger partial charge on any atom is 0.260 e. The smallest absolute Gasteiger partial charge is 0.260 e. The summed E-state index contributed by atoms with van der Waals surface area (Å²) in [5, 5.41) is 22.9. The molecule has 2 aliphatic heterocycles. The number of fused-ring (bicyclic) bond motifs is 11. The molecule has 6 nitrogen and oxygen atoms in total. The Balaban J connectivity index is 1.24. The molecule has 4 heterocycles. The topological polar surface area (TPSA) is 84.1 Å². The van der Waals surface area contributed by atoms with Crippen LogP contribution in [0.4, 0.5) is 0 Å². The highest BCUT2D eigenvalue weighted by molar-refractivity contribution is 6.98. The Morgan fingerprint density at radius 2 is 1.39 bits per heavy atom. The van der Waals surface area contributed by atoms with Crippen LogP contribution in [0.15, 0.2) is 138 Å². The molecule has 0 N–H and O–H groups in total. The molecule has 0 atom stereocenters. The van der Waals surface area contributed by atoms with Gasteiger partial charge in [-0.3, -0.25) is 0 Å². The van der Waals surface area contributed by atoms with Crippen LogP contribution >= 0.6 is 0 Å². The van der Waals surface area contributed by atoms with Crippen LogP contribution in [0.3, 0.4) is 0 Å². The second-order valence-corrected chi connectivity index (χ2v) is 12.7. The van der Waals surface area contributed by atoms with Gasteiger partial charge in [0, 0.05) is 33.1 Å². The highest BCUT2D eigenvalue weighted by Gasteiger charge is 2.42. The lowest BCUT2D eigenvalue weighted by Crippen LogP contribution is -2.57. The van der Waals surface area contributed by atoms with Crippen LogP contribution in [-0.4, -0.2) is 11.3 Å². The van der Waals surface area contributed by atoms with E-state index < -0.39 is 6.71 Å². The number of ether oxygens (including phenoxy) is 2. The van der Waals surface area contributed by atoms with Crippen molar-refractivity contribution in [3.63, 3.8) is 0 Å². The summed E-state index contributed by atoms with van der Waals surface area (Å²) in [6.07, 6.45) is 0. The zero-order valence-corrected chi connectivity index (χ0v) is 26.5. The first-order valence-corrected chi connectivity index (χ1v) is 16.4. The molecule has 0 saturated heterocycles. The first kappa shape index (κ1) is 24.0. The monoisotopic (exact) mass is 655 g/mol. The second kappa shape index (κ2) is 10.2. The molecule has 0 amide bonds. The molecular weight excluding hydrogens is 629 g/mol. The van der Waals surface area contributed by atoms with E-state index >= 15 is 0 Å². The van der Waals surface area contributed by atoms with Gasteiger partial charge in [-0.25, -0.2) is 0 Å². The highest BCUT2D eigenvalue weighted by atomic mass is 16.5. The molecule has 2 aliphatic rings. The Bertz CT molecular complexity index is 3320. The minimum Gasteiger partial charge on any atom is -0.458 e. The zero-order valence-electron chi connectivity index (χ0n) is 30.5. The van der Waals surface area contributed by atoms with Crippen LogP contribution in [0, 0.1) is 22.7 Å². The molecule has 0 radical (unpaired) electrons. The van der Waals surface area contributed by atoms with E-state index in [2.05, 4.69) is 28.8 Å². The van der Waals surface area contributed by atoms with Crippen molar-refractivity contribution in [2.75, 3.05) is 0 Å². The summed E-state index contributed by atoms with van der Waals surface area (Å²) in [6, 6.07) is 38.3. The van der Waals surface area contributed by atoms with Gasteiger partial charge in [0.2, 0.25) is 0 Å². The Kier molecular flexibility index (Phi) is 4.78. The van der Waals surface area contributed by atoms with E-state index in [0.717, 1.165) is 43.9 Å². The molecule has 0 saturated carbocycles. The van der Waals surface area contributed by atoms with E-state index in [1.807, 2.05) is 91.0 Å². The van der Waals surface area contributed by atoms with E-state index in [1.165, 1.54) is 0 Å². The van der Waals surface area contributed by atoms with E-state index in [9.17, 15) is 10.5 Å². The Morgan fingerprint density at radius 1 is 0.627 bits per heavy atom. The number of benzene rings is 7. The van der Waals surface area contributed by atoms with Crippen LogP contribution < -0.4 is 25.9 Å². The van der Waals surface area contributed by atoms with Crippen molar-refractivity contribution < 1.29 is 19.4 Å². The maximum atomic E-state index is 10.1. The summed E-state index contributed by atoms with van der Waals surface area (Å²) in [5.41, 5.74) is 7.83. The third kappa shape index (κ3) is 3.75. The molecular formula is C44H22BN3O3. The van der Waals surface area contributed by atoms with Gasteiger partial charge in [0.15, 0.2) is 11.3 Å². The fraction of sp³-hybridized carbons (Fsp3) is 0.